The van der Waals surface area contributed by atoms with Gasteiger partial charge in [-0.1, -0.05) is 6.07 Å². The van der Waals surface area contributed by atoms with E-state index >= 15 is 0 Å². The standard InChI is InChI=1S/C12H16FN3O2/c1-2-18-12(17)16-8-6-15(7-9-16)11-5-3-4-10(13)14-11/h3-5H,2,6-9H2,1H3. The van der Waals surface area contributed by atoms with Crippen molar-refractivity contribution in [3.63, 3.8) is 0 Å². The SMILES string of the molecule is CCOC(=O)N1CCN(c2cccc(F)n2)CC1. The smallest absolute Gasteiger partial charge is 0.409 e. The van der Waals surface area contributed by atoms with E-state index in [1.807, 2.05) is 4.90 Å². The summed E-state index contributed by atoms with van der Waals surface area (Å²) in [6, 6.07) is 4.72. The third kappa shape index (κ3) is 2.88. The van der Waals surface area contributed by atoms with Gasteiger partial charge in [-0.2, -0.15) is 4.39 Å². The second-order valence-electron chi connectivity index (χ2n) is 3.99. The van der Waals surface area contributed by atoms with Crippen LogP contribution < -0.4 is 4.90 Å². The molecule has 18 heavy (non-hydrogen) atoms. The lowest BCUT2D eigenvalue weighted by Crippen LogP contribution is -2.49. The first kappa shape index (κ1) is 12.6. The van der Waals surface area contributed by atoms with Crippen LogP contribution in [0.25, 0.3) is 0 Å². The fraction of sp³-hybridized carbons (Fsp3) is 0.500. The van der Waals surface area contributed by atoms with E-state index in [0.29, 0.717) is 38.6 Å². The molecule has 0 spiro atoms. The van der Waals surface area contributed by atoms with E-state index in [2.05, 4.69) is 4.98 Å². The van der Waals surface area contributed by atoms with E-state index in [1.165, 1.54) is 6.07 Å². The Balaban J connectivity index is 1.92. The minimum absolute atomic E-state index is 0.288. The Labute approximate surface area is 105 Å². The molecule has 1 saturated heterocycles. The molecule has 0 atom stereocenters. The fourth-order valence-electron chi connectivity index (χ4n) is 1.91. The summed E-state index contributed by atoms with van der Waals surface area (Å²) < 4.78 is 17.9. The van der Waals surface area contributed by atoms with Crippen LogP contribution >= 0.6 is 0 Å². The van der Waals surface area contributed by atoms with Crippen molar-refractivity contribution in [2.45, 2.75) is 6.92 Å². The Bertz CT molecular complexity index is 420. The second-order valence-corrected chi connectivity index (χ2v) is 3.99. The molecule has 0 radical (unpaired) electrons. The van der Waals surface area contributed by atoms with Crippen LogP contribution in [0.4, 0.5) is 15.0 Å². The van der Waals surface area contributed by atoms with Crippen LogP contribution in [0.3, 0.4) is 0 Å². The summed E-state index contributed by atoms with van der Waals surface area (Å²) in [5.41, 5.74) is 0. The van der Waals surface area contributed by atoms with Gasteiger partial charge in [-0.3, -0.25) is 0 Å². The van der Waals surface area contributed by atoms with Gasteiger partial charge >= 0.3 is 6.09 Å². The third-order valence-corrected chi connectivity index (χ3v) is 2.83. The summed E-state index contributed by atoms with van der Waals surface area (Å²) in [5.74, 6) is 0.124. The minimum Gasteiger partial charge on any atom is -0.450 e. The number of carbonyl (C=O) groups is 1. The van der Waals surface area contributed by atoms with Gasteiger partial charge in [-0.25, -0.2) is 9.78 Å². The highest BCUT2D eigenvalue weighted by Crippen LogP contribution is 2.14. The van der Waals surface area contributed by atoms with E-state index in [0.717, 1.165) is 0 Å². The van der Waals surface area contributed by atoms with Crippen LogP contribution in [0.15, 0.2) is 18.2 Å². The van der Waals surface area contributed by atoms with Gasteiger partial charge in [-0.05, 0) is 19.1 Å². The molecule has 0 aliphatic carbocycles. The maximum absolute atomic E-state index is 13.0. The topological polar surface area (TPSA) is 45.7 Å². The minimum atomic E-state index is -0.486. The van der Waals surface area contributed by atoms with Crippen molar-refractivity contribution in [1.82, 2.24) is 9.88 Å². The molecule has 98 valence electrons. The van der Waals surface area contributed by atoms with Gasteiger partial charge < -0.3 is 14.5 Å². The molecule has 1 aliphatic rings. The van der Waals surface area contributed by atoms with E-state index in [1.54, 1.807) is 24.0 Å². The molecule has 1 amide bonds. The molecule has 1 aliphatic heterocycles. The highest BCUT2D eigenvalue weighted by Gasteiger charge is 2.22. The number of pyridine rings is 1. The maximum atomic E-state index is 13.0. The Morgan fingerprint density at radius 1 is 1.39 bits per heavy atom. The number of piperazine rings is 1. The zero-order valence-electron chi connectivity index (χ0n) is 10.3. The molecule has 0 N–H and O–H groups in total. The molecule has 2 rings (SSSR count). The van der Waals surface area contributed by atoms with Gasteiger partial charge in [0.15, 0.2) is 0 Å². The highest BCUT2D eigenvalue weighted by molar-refractivity contribution is 5.68. The summed E-state index contributed by atoms with van der Waals surface area (Å²) >= 11 is 0. The first-order valence-corrected chi connectivity index (χ1v) is 6.00. The molecular weight excluding hydrogens is 237 g/mol. The van der Waals surface area contributed by atoms with Crippen molar-refractivity contribution in [3.8, 4) is 0 Å². The van der Waals surface area contributed by atoms with E-state index < -0.39 is 5.95 Å². The summed E-state index contributed by atoms with van der Waals surface area (Å²) in [6.45, 7) is 4.56. The van der Waals surface area contributed by atoms with E-state index in [4.69, 9.17) is 4.74 Å². The lowest BCUT2D eigenvalue weighted by Gasteiger charge is -2.34. The van der Waals surface area contributed by atoms with Crippen molar-refractivity contribution < 1.29 is 13.9 Å². The van der Waals surface area contributed by atoms with Crippen molar-refractivity contribution in [3.05, 3.63) is 24.1 Å². The molecule has 6 heteroatoms. The number of hydrogen-bond acceptors (Lipinski definition) is 4. The molecule has 1 aromatic heterocycles. The third-order valence-electron chi connectivity index (χ3n) is 2.83. The van der Waals surface area contributed by atoms with Crippen LogP contribution in [0.1, 0.15) is 6.92 Å². The molecule has 0 unspecified atom stereocenters. The average molecular weight is 253 g/mol. The van der Waals surface area contributed by atoms with Crippen molar-refractivity contribution >= 4 is 11.9 Å². The zero-order chi connectivity index (χ0) is 13.0. The van der Waals surface area contributed by atoms with Crippen LogP contribution in [-0.2, 0) is 4.74 Å². The number of hydrogen-bond donors (Lipinski definition) is 0. The van der Waals surface area contributed by atoms with Crippen LogP contribution in [0.2, 0.25) is 0 Å². The van der Waals surface area contributed by atoms with Crippen molar-refractivity contribution in [2.75, 3.05) is 37.7 Å². The normalized spacial score (nSPS) is 15.7. The lowest BCUT2D eigenvalue weighted by molar-refractivity contribution is 0.105. The number of amides is 1. The second kappa shape index (κ2) is 5.66. The van der Waals surface area contributed by atoms with Crippen LogP contribution in [0.5, 0.6) is 0 Å². The van der Waals surface area contributed by atoms with Gasteiger partial charge in [0.25, 0.3) is 0 Å². The number of rotatable bonds is 2. The van der Waals surface area contributed by atoms with Gasteiger partial charge in [0.1, 0.15) is 5.82 Å². The van der Waals surface area contributed by atoms with Crippen molar-refractivity contribution in [2.24, 2.45) is 0 Å². The quantitative estimate of drug-likeness (QED) is 0.749. The van der Waals surface area contributed by atoms with Gasteiger partial charge in [0.2, 0.25) is 5.95 Å². The van der Waals surface area contributed by atoms with Gasteiger partial charge in [0.05, 0.1) is 6.61 Å². The molecule has 0 aromatic carbocycles. The van der Waals surface area contributed by atoms with Crippen molar-refractivity contribution in [1.29, 1.82) is 0 Å². The highest BCUT2D eigenvalue weighted by atomic mass is 19.1. The first-order valence-electron chi connectivity index (χ1n) is 6.00. The Kier molecular flexibility index (Phi) is 3.96. The number of ether oxygens (including phenoxy) is 1. The van der Waals surface area contributed by atoms with Gasteiger partial charge in [0, 0.05) is 26.2 Å². The maximum Gasteiger partial charge on any atom is 0.409 e. The molecule has 0 bridgehead atoms. The fourth-order valence-corrected chi connectivity index (χ4v) is 1.91. The monoisotopic (exact) mass is 253 g/mol. The molecule has 2 heterocycles. The number of carbonyl (C=O) groups excluding carboxylic acids is 1. The summed E-state index contributed by atoms with van der Waals surface area (Å²) in [4.78, 5) is 18.9. The number of halogens is 1. The predicted octanol–water partition coefficient (Wildman–Crippen LogP) is 1.50. The summed E-state index contributed by atoms with van der Waals surface area (Å²) in [6.07, 6.45) is -0.288. The summed E-state index contributed by atoms with van der Waals surface area (Å²) in [5, 5.41) is 0. The Morgan fingerprint density at radius 3 is 2.72 bits per heavy atom. The average Bonchev–Trinajstić information content (AvgIpc) is 2.39. The number of nitrogens with zero attached hydrogens (tertiary/aromatic N) is 3. The van der Waals surface area contributed by atoms with Crippen LogP contribution in [0, 0.1) is 5.95 Å². The zero-order valence-corrected chi connectivity index (χ0v) is 10.3. The summed E-state index contributed by atoms with van der Waals surface area (Å²) in [7, 11) is 0. The molecule has 1 fully saturated rings. The largest absolute Gasteiger partial charge is 0.450 e. The number of aromatic nitrogens is 1. The van der Waals surface area contributed by atoms with E-state index in [9.17, 15) is 9.18 Å². The lowest BCUT2D eigenvalue weighted by atomic mass is 10.3. The Hall–Kier alpha value is -1.85. The first-order chi connectivity index (χ1) is 8.70. The van der Waals surface area contributed by atoms with Crippen LogP contribution in [-0.4, -0.2) is 48.8 Å². The molecule has 0 saturated carbocycles. The van der Waals surface area contributed by atoms with E-state index in [-0.39, 0.29) is 6.09 Å². The molecular formula is C12H16FN3O2. The van der Waals surface area contributed by atoms with Gasteiger partial charge in [-0.15, -0.1) is 0 Å². The number of anilines is 1. The Morgan fingerprint density at radius 2 is 2.11 bits per heavy atom. The molecule has 5 nitrogen and oxygen atoms in total. The molecule has 1 aromatic rings. The predicted molar refractivity (Wildman–Crippen MR) is 65.0 cm³/mol.